The number of hydrogen-bond acceptors (Lipinski definition) is 4. The van der Waals surface area contributed by atoms with Crippen LogP contribution in [0.5, 0.6) is 0 Å². The Balaban J connectivity index is 2.41. The zero-order chi connectivity index (χ0) is 11.7. The highest BCUT2D eigenvalue weighted by molar-refractivity contribution is 6.43. The summed E-state index contributed by atoms with van der Waals surface area (Å²) in [6.45, 7) is -0.188. The minimum absolute atomic E-state index is 0.0210. The van der Waals surface area contributed by atoms with E-state index in [0.29, 0.717) is 10.6 Å². The number of carbonyl (C=O) groups is 2. The molecule has 0 bridgehead atoms. The van der Waals surface area contributed by atoms with Crippen LogP contribution in [0.4, 0.5) is 0 Å². The van der Waals surface area contributed by atoms with Crippen molar-refractivity contribution < 1.29 is 19.4 Å². The first-order valence-electron chi connectivity index (χ1n) is 4.49. The molecule has 1 saturated heterocycles. The van der Waals surface area contributed by atoms with E-state index in [9.17, 15) is 14.7 Å². The average molecular weight is 239 g/mol. The van der Waals surface area contributed by atoms with Gasteiger partial charge in [0.25, 0.3) is 5.78 Å². The Bertz CT molecular complexity index is 487. The van der Waals surface area contributed by atoms with Gasteiger partial charge in [0.2, 0.25) is 0 Å². The molecule has 1 aliphatic rings. The van der Waals surface area contributed by atoms with Crippen LogP contribution < -0.4 is 0 Å². The van der Waals surface area contributed by atoms with E-state index in [2.05, 4.69) is 4.74 Å². The van der Waals surface area contributed by atoms with Crippen LogP contribution in [0.25, 0.3) is 5.76 Å². The first-order valence-corrected chi connectivity index (χ1v) is 4.87. The van der Waals surface area contributed by atoms with Gasteiger partial charge in [0.15, 0.2) is 0 Å². The lowest BCUT2D eigenvalue weighted by molar-refractivity contribution is -0.146. The van der Waals surface area contributed by atoms with Crippen molar-refractivity contribution in [3.63, 3.8) is 0 Å². The van der Waals surface area contributed by atoms with Crippen LogP contribution in [0.3, 0.4) is 0 Å². The fourth-order valence-electron chi connectivity index (χ4n) is 1.35. The third kappa shape index (κ3) is 1.79. The number of cyclic esters (lactones) is 1. The molecule has 0 aliphatic carbocycles. The van der Waals surface area contributed by atoms with Gasteiger partial charge in [0, 0.05) is 10.6 Å². The summed E-state index contributed by atoms with van der Waals surface area (Å²) >= 11 is 5.68. The highest BCUT2D eigenvalue weighted by atomic mass is 35.5. The fourth-order valence-corrected chi connectivity index (χ4v) is 1.48. The molecular formula is C11H7ClO4. The Morgan fingerprint density at radius 3 is 2.38 bits per heavy atom. The number of benzene rings is 1. The molecular weight excluding hydrogens is 232 g/mol. The maximum absolute atomic E-state index is 11.3. The van der Waals surface area contributed by atoms with Crippen LogP contribution >= 0.6 is 11.6 Å². The Labute approximate surface area is 96.1 Å². The second-order valence-corrected chi connectivity index (χ2v) is 3.68. The maximum atomic E-state index is 11.3. The lowest BCUT2D eigenvalue weighted by Gasteiger charge is -2.01. The van der Waals surface area contributed by atoms with Crippen molar-refractivity contribution in [2.24, 2.45) is 0 Å². The summed E-state index contributed by atoms with van der Waals surface area (Å²) < 4.78 is 4.51. The molecule has 2 rings (SSSR count). The molecule has 0 spiro atoms. The first-order chi connectivity index (χ1) is 7.59. The van der Waals surface area contributed by atoms with Crippen molar-refractivity contribution in [2.45, 2.75) is 0 Å². The van der Waals surface area contributed by atoms with Crippen LogP contribution in [0.15, 0.2) is 29.8 Å². The van der Waals surface area contributed by atoms with E-state index in [-0.39, 0.29) is 17.9 Å². The lowest BCUT2D eigenvalue weighted by Crippen LogP contribution is -2.07. The number of esters is 1. The molecule has 0 aromatic heterocycles. The Morgan fingerprint density at radius 1 is 1.25 bits per heavy atom. The minimum atomic E-state index is -0.935. The van der Waals surface area contributed by atoms with E-state index in [0.717, 1.165) is 0 Å². The number of aliphatic hydroxyl groups is 1. The third-order valence-electron chi connectivity index (χ3n) is 2.21. The lowest BCUT2D eigenvalue weighted by atomic mass is 10.1. The van der Waals surface area contributed by atoms with Crippen LogP contribution in [-0.4, -0.2) is 23.5 Å². The number of carbonyl (C=O) groups excluding carboxylic acids is 2. The molecule has 0 atom stereocenters. The Hall–Kier alpha value is -1.81. The minimum Gasteiger partial charge on any atom is -0.507 e. The number of ketones is 1. The zero-order valence-electron chi connectivity index (χ0n) is 8.07. The van der Waals surface area contributed by atoms with E-state index >= 15 is 0 Å². The van der Waals surface area contributed by atoms with Crippen LogP contribution in [-0.2, 0) is 14.3 Å². The molecule has 1 N–H and O–H groups in total. The van der Waals surface area contributed by atoms with Crippen molar-refractivity contribution in [1.82, 2.24) is 0 Å². The SMILES string of the molecule is O=C1OCC(=C(O)c2ccc(Cl)cc2)C1=O. The molecule has 0 radical (unpaired) electrons. The third-order valence-corrected chi connectivity index (χ3v) is 2.46. The van der Waals surface area contributed by atoms with Gasteiger partial charge in [-0.3, -0.25) is 4.79 Å². The van der Waals surface area contributed by atoms with Gasteiger partial charge in [-0.1, -0.05) is 11.6 Å². The molecule has 0 saturated carbocycles. The van der Waals surface area contributed by atoms with Crippen LogP contribution in [0, 0.1) is 0 Å². The zero-order valence-corrected chi connectivity index (χ0v) is 8.82. The van der Waals surface area contributed by atoms with E-state index in [1.165, 1.54) is 0 Å². The number of aliphatic hydroxyl groups excluding tert-OH is 1. The highest BCUT2D eigenvalue weighted by Crippen LogP contribution is 2.22. The van der Waals surface area contributed by atoms with E-state index in [4.69, 9.17) is 11.6 Å². The number of Topliss-reactive ketones (excluding diaryl/α,β-unsaturated/α-hetero) is 1. The fraction of sp³-hybridized carbons (Fsp3) is 0.0909. The summed E-state index contributed by atoms with van der Waals surface area (Å²) in [5.74, 6) is -1.98. The molecule has 16 heavy (non-hydrogen) atoms. The quantitative estimate of drug-likeness (QED) is 0.350. The van der Waals surface area contributed by atoms with Gasteiger partial charge in [0.1, 0.15) is 12.4 Å². The first kappa shape index (κ1) is 10.7. The Morgan fingerprint density at radius 2 is 1.88 bits per heavy atom. The van der Waals surface area contributed by atoms with E-state index in [1.807, 2.05) is 0 Å². The molecule has 0 amide bonds. The molecule has 5 heteroatoms. The molecule has 82 valence electrons. The number of ether oxygens (including phenoxy) is 1. The second-order valence-electron chi connectivity index (χ2n) is 3.24. The molecule has 1 fully saturated rings. The molecule has 4 nitrogen and oxygen atoms in total. The number of hydrogen-bond donors (Lipinski definition) is 1. The standard InChI is InChI=1S/C11H7ClO4/c12-7-3-1-6(2-4-7)9(13)8-5-16-11(15)10(8)14/h1-4,13H,5H2. The van der Waals surface area contributed by atoms with Gasteiger partial charge in [-0.25, -0.2) is 4.79 Å². The highest BCUT2D eigenvalue weighted by Gasteiger charge is 2.32. The smallest absolute Gasteiger partial charge is 0.379 e. The van der Waals surface area contributed by atoms with Crippen molar-refractivity contribution in [2.75, 3.05) is 6.61 Å². The van der Waals surface area contributed by atoms with Gasteiger partial charge in [-0.05, 0) is 24.3 Å². The summed E-state index contributed by atoms with van der Waals surface area (Å²) in [7, 11) is 0. The largest absolute Gasteiger partial charge is 0.507 e. The van der Waals surface area contributed by atoms with E-state index < -0.39 is 11.8 Å². The average Bonchev–Trinajstić information content (AvgIpc) is 2.60. The number of rotatable bonds is 1. The van der Waals surface area contributed by atoms with Gasteiger partial charge in [-0.15, -0.1) is 0 Å². The summed E-state index contributed by atoms with van der Waals surface area (Å²) in [4.78, 5) is 22.1. The maximum Gasteiger partial charge on any atom is 0.379 e. The van der Waals surface area contributed by atoms with Crippen molar-refractivity contribution in [3.8, 4) is 0 Å². The van der Waals surface area contributed by atoms with Crippen molar-refractivity contribution in [1.29, 1.82) is 0 Å². The van der Waals surface area contributed by atoms with Gasteiger partial charge >= 0.3 is 5.97 Å². The van der Waals surface area contributed by atoms with Gasteiger partial charge in [0.05, 0.1) is 5.57 Å². The summed E-state index contributed by atoms with van der Waals surface area (Å²) in [6.07, 6.45) is 0. The molecule has 0 unspecified atom stereocenters. The van der Waals surface area contributed by atoms with Crippen LogP contribution in [0.2, 0.25) is 5.02 Å². The van der Waals surface area contributed by atoms with Gasteiger partial charge in [-0.2, -0.15) is 0 Å². The summed E-state index contributed by atoms with van der Waals surface area (Å²) in [5.41, 5.74) is 0.401. The summed E-state index contributed by atoms with van der Waals surface area (Å²) in [5, 5.41) is 10.3. The normalized spacial score (nSPS) is 18.6. The predicted octanol–water partition coefficient (Wildman–Crippen LogP) is 1.74. The van der Waals surface area contributed by atoms with Crippen LogP contribution in [0.1, 0.15) is 5.56 Å². The molecule has 1 heterocycles. The molecule has 1 aromatic carbocycles. The van der Waals surface area contributed by atoms with Crippen molar-refractivity contribution in [3.05, 3.63) is 40.4 Å². The molecule has 1 aliphatic heterocycles. The number of halogens is 1. The van der Waals surface area contributed by atoms with Crippen molar-refractivity contribution >= 4 is 29.1 Å². The molecule has 1 aromatic rings. The predicted molar refractivity (Wildman–Crippen MR) is 57.0 cm³/mol. The van der Waals surface area contributed by atoms with E-state index in [1.54, 1.807) is 24.3 Å². The second kappa shape index (κ2) is 3.98. The topological polar surface area (TPSA) is 63.6 Å². The Kier molecular flexibility index (Phi) is 2.66. The monoisotopic (exact) mass is 238 g/mol. The summed E-state index contributed by atoms with van der Waals surface area (Å²) in [6, 6.07) is 6.27. The van der Waals surface area contributed by atoms with Gasteiger partial charge < -0.3 is 9.84 Å².